The highest BCUT2D eigenvalue weighted by molar-refractivity contribution is 7.91. The first-order valence-electron chi connectivity index (χ1n) is 8.74. The van der Waals surface area contributed by atoms with Crippen molar-refractivity contribution in [3.63, 3.8) is 0 Å². The average molecular weight is 373 g/mol. The quantitative estimate of drug-likeness (QED) is 0.836. The molecule has 2 heterocycles. The van der Waals surface area contributed by atoms with Crippen molar-refractivity contribution < 1.29 is 13.7 Å². The van der Waals surface area contributed by atoms with Gasteiger partial charge in [-0.3, -0.25) is 0 Å². The van der Waals surface area contributed by atoms with Crippen LogP contribution in [0.1, 0.15) is 28.7 Å². The SMILES string of the molecule is NS(=O)(=NC(=O)Nc1c2c(cc3c1CC3)CC2)c1cnn2c1OCCC2. The van der Waals surface area contributed by atoms with Gasteiger partial charge in [0, 0.05) is 18.7 Å². The van der Waals surface area contributed by atoms with Crippen molar-refractivity contribution in [3.05, 3.63) is 34.5 Å². The number of urea groups is 1. The summed E-state index contributed by atoms with van der Waals surface area (Å²) in [7, 11) is -3.43. The molecule has 1 aromatic heterocycles. The first-order chi connectivity index (χ1) is 12.5. The Balaban J connectivity index is 1.47. The van der Waals surface area contributed by atoms with E-state index in [2.05, 4.69) is 20.8 Å². The molecular formula is C17H19N5O3S. The molecule has 0 radical (unpaired) electrons. The molecule has 2 aromatic rings. The number of ether oxygens (including phenoxy) is 1. The van der Waals surface area contributed by atoms with Crippen LogP contribution in [0.5, 0.6) is 5.88 Å². The summed E-state index contributed by atoms with van der Waals surface area (Å²) in [6.07, 6.45) is 6.16. The highest BCUT2D eigenvalue weighted by Gasteiger charge is 2.29. The summed E-state index contributed by atoms with van der Waals surface area (Å²) >= 11 is 0. The summed E-state index contributed by atoms with van der Waals surface area (Å²) in [5, 5.41) is 12.8. The predicted octanol–water partition coefficient (Wildman–Crippen LogP) is 1.80. The van der Waals surface area contributed by atoms with E-state index in [9.17, 15) is 9.00 Å². The summed E-state index contributed by atoms with van der Waals surface area (Å²) < 4.78 is 23.8. The third-order valence-corrected chi connectivity index (χ3v) is 6.64. The molecule has 5 rings (SSSR count). The number of fused-ring (bicyclic) bond motifs is 3. The number of aromatic nitrogens is 2. The lowest BCUT2D eigenvalue weighted by molar-refractivity contribution is 0.224. The number of carbonyl (C=O) groups is 1. The second kappa shape index (κ2) is 5.55. The maximum Gasteiger partial charge on any atom is 0.354 e. The molecule has 136 valence electrons. The molecule has 9 heteroatoms. The van der Waals surface area contributed by atoms with Crippen LogP contribution in [0.15, 0.2) is 21.5 Å². The van der Waals surface area contributed by atoms with Gasteiger partial charge < -0.3 is 10.1 Å². The van der Waals surface area contributed by atoms with Crippen LogP contribution in [0.4, 0.5) is 10.5 Å². The van der Waals surface area contributed by atoms with Gasteiger partial charge in [-0.05, 0) is 47.9 Å². The van der Waals surface area contributed by atoms with Gasteiger partial charge in [0.2, 0.25) is 5.88 Å². The smallest absolute Gasteiger partial charge is 0.354 e. The Morgan fingerprint density at radius 2 is 2.00 bits per heavy atom. The number of anilines is 1. The van der Waals surface area contributed by atoms with E-state index in [0.29, 0.717) is 19.0 Å². The largest absolute Gasteiger partial charge is 0.477 e. The number of aryl methyl sites for hydroxylation is 3. The molecule has 1 unspecified atom stereocenters. The fraction of sp³-hybridized carbons (Fsp3) is 0.412. The van der Waals surface area contributed by atoms with E-state index in [0.717, 1.165) is 37.8 Å². The molecule has 0 bridgehead atoms. The minimum atomic E-state index is -3.43. The predicted molar refractivity (Wildman–Crippen MR) is 95.6 cm³/mol. The van der Waals surface area contributed by atoms with Crippen molar-refractivity contribution in [2.45, 2.75) is 43.5 Å². The number of nitrogens with zero attached hydrogens (tertiary/aromatic N) is 3. The molecule has 26 heavy (non-hydrogen) atoms. The number of rotatable bonds is 2. The van der Waals surface area contributed by atoms with E-state index in [4.69, 9.17) is 9.88 Å². The monoisotopic (exact) mass is 373 g/mol. The van der Waals surface area contributed by atoms with Crippen LogP contribution < -0.4 is 15.2 Å². The van der Waals surface area contributed by atoms with Crippen molar-refractivity contribution in [1.82, 2.24) is 9.78 Å². The van der Waals surface area contributed by atoms with Crippen LogP contribution in [0, 0.1) is 0 Å². The Labute approximate surface area is 151 Å². The van der Waals surface area contributed by atoms with E-state index >= 15 is 0 Å². The average Bonchev–Trinajstić information content (AvgIpc) is 2.96. The molecule has 0 saturated carbocycles. The standard InChI is InChI=1S/C17H19N5O3S/c18-26(24,14-9-19-22-6-1-7-25-16(14)22)21-17(23)20-15-12-4-2-10(12)8-11-3-5-13(11)15/h8-9H,1-7H2,(H3,18,20,21,23,24). The molecule has 2 aliphatic carbocycles. The molecule has 0 spiro atoms. The summed E-state index contributed by atoms with van der Waals surface area (Å²) in [6.45, 7) is 1.17. The lowest BCUT2D eigenvalue weighted by atomic mass is 9.76. The maximum atomic E-state index is 12.9. The molecule has 1 aliphatic heterocycles. The zero-order valence-corrected chi connectivity index (χ0v) is 15.0. The Hall–Kier alpha value is -2.39. The first-order valence-corrected chi connectivity index (χ1v) is 10.3. The molecule has 8 nitrogen and oxygen atoms in total. The lowest BCUT2D eigenvalue weighted by Gasteiger charge is -2.31. The molecule has 1 atom stereocenters. The molecule has 3 N–H and O–H groups in total. The highest BCUT2D eigenvalue weighted by Crippen LogP contribution is 2.40. The van der Waals surface area contributed by atoms with Gasteiger partial charge in [-0.25, -0.2) is 18.8 Å². The van der Waals surface area contributed by atoms with E-state index < -0.39 is 15.9 Å². The van der Waals surface area contributed by atoms with Gasteiger partial charge in [-0.2, -0.15) is 5.10 Å². The number of benzene rings is 1. The minimum absolute atomic E-state index is 0.168. The van der Waals surface area contributed by atoms with Crippen LogP contribution in [-0.2, 0) is 42.1 Å². The van der Waals surface area contributed by atoms with Crippen LogP contribution in [-0.4, -0.2) is 26.6 Å². The second-order valence-corrected chi connectivity index (χ2v) is 8.62. The lowest BCUT2D eigenvalue weighted by Crippen LogP contribution is -2.24. The van der Waals surface area contributed by atoms with Crippen molar-refractivity contribution >= 4 is 21.6 Å². The Morgan fingerprint density at radius 3 is 2.65 bits per heavy atom. The molecule has 0 fully saturated rings. The Kier molecular flexibility index (Phi) is 3.38. The third-order valence-electron chi connectivity index (χ3n) is 5.29. The summed E-state index contributed by atoms with van der Waals surface area (Å²) in [6, 6.07) is 1.54. The third kappa shape index (κ3) is 2.34. The van der Waals surface area contributed by atoms with Gasteiger partial charge >= 0.3 is 6.03 Å². The van der Waals surface area contributed by atoms with E-state index in [1.54, 1.807) is 4.68 Å². The number of nitrogens with one attached hydrogen (secondary N) is 1. The van der Waals surface area contributed by atoms with Crippen LogP contribution >= 0.6 is 0 Å². The Morgan fingerprint density at radius 1 is 1.27 bits per heavy atom. The van der Waals surface area contributed by atoms with Crippen molar-refractivity contribution in [2.75, 3.05) is 11.9 Å². The van der Waals surface area contributed by atoms with Gasteiger partial charge in [0.15, 0.2) is 9.92 Å². The minimum Gasteiger partial charge on any atom is -0.477 e. The van der Waals surface area contributed by atoms with Gasteiger partial charge in [0.05, 0.1) is 12.8 Å². The van der Waals surface area contributed by atoms with Gasteiger partial charge in [0.1, 0.15) is 4.90 Å². The van der Waals surface area contributed by atoms with Crippen molar-refractivity contribution in [3.8, 4) is 5.88 Å². The number of nitrogens with two attached hydrogens (primary N) is 1. The zero-order chi connectivity index (χ0) is 17.9. The second-order valence-electron chi connectivity index (χ2n) is 6.86. The summed E-state index contributed by atoms with van der Waals surface area (Å²) in [5.74, 6) is 0.341. The fourth-order valence-electron chi connectivity index (χ4n) is 3.77. The van der Waals surface area contributed by atoms with Crippen LogP contribution in [0.3, 0.4) is 0 Å². The number of amides is 2. The first kappa shape index (κ1) is 15.8. The number of hydrogen-bond acceptors (Lipinski definition) is 4. The molecular weight excluding hydrogens is 354 g/mol. The van der Waals surface area contributed by atoms with Gasteiger partial charge in [-0.15, -0.1) is 4.36 Å². The van der Waals surface area contributed by atoms with E-state index in [-0.39, 0.29) is 4.90 Å². The van der Waals surface area contributed by atoms with E-state index in [1.165, 1.54) is 28.5 Å². The molecule has 2 amide bonds. The summed E-state index contributed by atoms with van der Waals surface area (Å²) in [4.78, 5) is 12.6. The summed E-state index contributed by atoms with van der Waals surface area (Å²) in [5.41, 5.74) is 5.74. The van der Waals surface area contributed by atoms with Gasteiger partial charge in [0.25, 0.3) is 0 Å². The number of hydrogen-bond donors (Lipinski definition) is 2. The molecule has 3 aliphatic rings. The van der Waals surface area contributed by atoms with Crippen molar-refractivity contribution in [1.29, 1.82) is 0 Å². The van der Waals surface area contributed by atoms with Gasteiger partial charge in [-0.1, -0.05) is 6.07 Å². The molecule has 1 aromatic carbocycles. The zero-order valence-electron chi connectivity index (χ0n) is 14.2. The molecule has 0 saturated heterocycles. The van der Waals surface area contributed by atoms with E-state index in [1.807, 2.05) is 0 Å². The Bertz CT molecular complexity index is 1030. The normalized spacial score (nSPS) is 18.8. The highest BCUT2D eigenvalue weighted by atomic mass is 32.2. The topological polar surface area (TPSA) is 112 Å². The van der Waals surface area contributed by atoms with Crippen LogP contribution in [0.2, 0.25) is 0 Å². The fourth-order valence-corrected chi connectivity index (χ4v) is 4.77. The van der Waals surface area contributed by atoms with Crippen molar-refractivity contribution in [2.24, 2.45) is 9.50 Å². The maximum absolute atomic E-state index is 12.9. The van der Waals surface area contributed by atoms with Crippen LogP contribution in [0.25, 0.3) is 0 Å². The number of carbonyl (C=O) groups excluding carboxylic acids is 1.